The highest BCUT2D eigenvalue weighted by Crippen LogP contribution is 2.33. The number of rotatable bonds is 9. The highest BCUT2D eigenvalue weighted by molar-refractivity contribution is 6.07. The fraction of sp³-hybridized carbons (Fsp3) is 0.412. The van der Waals surface area contributed by atoms with Crippen LogP contribution in [0.15, 0.2) is 53.7 Å². The average molecular weight is 521 g/mol. The van der Waals surface area contributed by atoms with Gasteiger partial charge in [0, 0.05) is 44.5 Å². The van der Waals surface area contributed by atoms with Crippen molar-refractivity contribution < 1.29 is 6.22 Å². The maximum absolute atomic E-state index is 13.4. The first-order valence-electron chi connectivity index (χ1n) is 14.4. The molecule has 5 heteroatoms. The minimum Gasteiger partial charge on any atom is -0.357 e. The van der Waals surface area contributed by atoms with Crippen LogP contribution in [-0.4, -0.2) is 29.6 Å². The molecule has 0 radical (unpaired) electrons. The Morgan fingerprint density at radius 2 is 1.85 bits per heavy atom. The molecule has 0 spiro atoms. The number of nitrogens with zero attached hydrogens (tertiary/aromatic N) is 4. The van der Waals surface area contributed by atoms with Gasteiger partial charge in [0.25, 0.3) is 0 Å². The summed E-state index contributed by atoms with van der Waals surface area (Å²) in [5.41, 5.74) is 9.36. The summed E-state index contributed by atoms with van der Waals surface area (Å²) in [4.78, 5) is 25.6. The Balaban J connectivity index is 0.00000370. The van der Waals surface area contributed by atoms with Gasteiger partial charge in [-0.25, -0.2) is 4.98 Å². The number of pyridine rings is 1. The Morgan fingerprint density at radius 3 is 2.56 bits per heavy atom. The molecule has 1 unspecified atom stereocenters. The molecule has 1 atom stereocenters. The van der Waals surface area contributed by atoms with E-state index in [1.807, 2.05) is 25.3 Å². The number of carbonyl (C=O) groups excluding carboxylic acids is 1. The maximum atomic E-state index is 13.4. The molecule has 0 saturated carbocycles. The second-order valence-corrected chi connectivity index (χ2v) is 11.1. The zero-order chi connectivity index (χ0) is 27.4. The van der Waals surface area contributed by atoms with Crippen LogP contribution in [0.5, 0.6) is 0 Å². The predicted molar refractivity (Wildman–Crippen MR) is 161 cm³/mol. The van der Waals surface area contributed by atoms with Crippen LogP contribution in [0.25, 0.3) is 0 Å². The normalized spacial score (nSPS) is 15.4. The largest absolute Gasteiger partial charge is 0.357 e. The van der Waals surface area contributed by atoms with Gasteiger partial charge in [0.1, 0.15) is 5.82 Å². The van der Waals surface area contributed by atoms with Crippen LogP contribution in [0.2, 0.25) is 0 Å². The van der Waals surface area contributed by atoms with Crippen molar-refractivity contribution in [2.45, 2.75) is 78.1 Å². The Hall–Kier alpha value is -3.78. The second kappa shape index (κ2) is 11.9. The predicted octanol–water partition coefficient (Wildman–Crippen LogP) is 8.03. The number of aliphatic imine (C=N–C) groups is 1. The molecule has 202 valence electrons. The lowest BCUT2D eigenvalue weighted by molar-refractivity contribution is 0.0978. The minimum atomic E-state index is 0. The average Bonchev–Trinajstić information content (AvgIpc) is 3.50. The topological polar surface area (TPSA) is 69.3 Å². The molecule has 3 heterocycles. The molecule has 2 aliphatic rings. The van der Waals surface area contributed by atoms with E-state index in [2.05, 4.69) is 55.1 Å². The van der Waals surface area contributed by atoms with Crippen LogP contribution in [0.4, 0.5) is 11.5 Å². The van der Waals surface area contributed by atoms with Crippen LogP contribution in [0.3, 0.4) is 0 Å². The molecule has 39 heavy (non-hydrogen) atoms. The van der Waals surface area contributed by atoms with Gasteiger partial charge >= 0.3 is 0 Å². The number of hydrogen-bond acceptors (Lipinski definition) is 5. The number of fused-ring (bicyclic) bond motifs is 1. The summed E-state index contributed by atoms with van der Waals surface area (Å²) < 4.78 is 0. The van der Waals surface area contributed by atoms with Crippen LogP contribution in [0, 0.1) is 25.2 Å². The van der Waals surface area contributed by atoms with Crippen molar-refractivity contribution in [2.24, 2.45) is 4.99 Å². The van der Waals surface area contributed by atoms with Gasteiger partial charge < -0.3 is 4.90 Å². The second-order valence-electron chi connectivity index (χ2n) is 11.1. The molecule has 3 aromatic rings. The number of ketones is 1. The first-order valence-corrected chi connectivity index (χ1v) is 14.4. The Kier molecular flexibility index (Phi) is 8.21. The third-order valence-electron chi connectivity index (χ3n) is 8.41. The summed E-state index contributed by atoms with van der Waals surface area (Å²) in [6.07, 6.45) is 9.59. The molecule has 2 aromatic carbocycles. The fourth-order valence-electron chi connectivity index (χ4n) is 6.07. The highest BCUT2D eigenvalue weighted by Gasteiger charge is 2.21. The lowest BCUT2D eigenvalue weighted by Gasteiger charge is -2.21. The van der Waals surface area contributed by atoms with Gasteiger partial charge in [-0.2, -0.15) is 5.26 Å². The van der Waals surface area contributed by atoms with E-state index in [9.17, 15) is 4.79 Å². The number of nitriles is 1. The first-order chi connectivity index (χ1) is 19.0. The number of benzene rings is 2. The van der Waals surface area contributed by atoms with Gasteiger partial charge in [-0.05, 0) is 111 Å². The molecule has 1 fully saturated rings. The van der Waals surface area contributed by atoms with Gasteiger partial charge in [-0.1, -0.05) is 25.1 Å². The van der Waals surface area contributed by atoms with E-state index in [-0.39, 0.29) is 7.21 Å². The summed E-state index contributed by atoms with van der Waals surface area (Å²) in [6.45, 7) is 8.49. The van der Waals surface area contributed by atoms with Crippen molar-refractivity contribution in [2.75, 3.05) is 18.0 Å². The third kappa shape index (κ3) is 5.96. The van der Waals surface area contributed by atoms with Crippen molar-refractivity contribution in [1.82, 2.24) is 4.98 Å². The van der Waals surface area contributed by atoms with Gasteiger partial charge in [0.2, 0.25) is 0 Å². The molecule has 0 N–H and O–H groups in total. The van der Waals surface area contributed by atoms with Crippen molar-refractivity contribution in [3.05, 3.63) is 87.6 Å². The molecule has 0 bridgehead atoms. The fourth-order valence-corrected chi connectivity index (χ4v) is 6.07. The van der Waals surface area contributed by atoms with Gasteiger partial charge in [-0.15, -0.1) is 0 Å². The van der Waals surface area contributed by atoms with E-state index in [0.29, 0.717) is 17.9 Å². The molecular weight excluding hydrogens is 480 g/mol. The molecule has 0 amide bonds. The minimum absolute atomic E-state index is 0. The van der Waals surface area contributed by atoms with E-state index in [1.165, 1.54) is 29.5 Å². The molecule has 1 aromatic heterocycles. The SMILES string of the molecule is CCC(CCCC(=O)c1cc(C2=Nc3cc(N4CCCC4)ncc3CC2)c(C)cc1C)c1ccc(C#N)cc1.[HH]. The third-order valence-corrected chi connectivity index (χ3v) is 8.41. The summed E-state index contributed by atoms with van der Waals surface area (Å²) in [7, 11) is 0. The van der Waals surface area contributed by atoms with E-state index < -0.39 is 0 Å². The standard InChI is InChI=1S/C34H38N4O.H2/c1-4-26(27-12-10-25(21-35)11-13-27)8-7-9-33(39)30-19-29(23(2)18-24(30)3)31-15-14-28-22-36-34(20-32(28)37-31)38-16-5-6-17-38;/h10-13,18-20,22,26H,4-9,14-17H2,1-3H3;1H. The first kappa shape index (κ1) is 26.8. The van der Waals surface area contributed by atoms with Crippen LogP contribution in [-0.2, 0) is 6.42 Å². The van der Waals surface area contributed by atoms with Crippen molar-refractivity contribution in [3.63, 3.8) is 0 Å². The maximum Gasteiger partial charge on any atom is 0.163 e. The van der Waals surface area contributed by atoms with E-state index >= 15 is 0 Å². The molecule has 5 nitrogen and oxygen atoms in total. The number of carbonyl (C=O) groups is 1. The Morgan fingerprint density at radius 1 is 1.08 bits per heavy atom. The Labute approximate surface area is 234 Å². The van der Waals surface area contributed by atoms with E-state index in [0.717, 1.165) is 79.1 Å². The van der Waals surface area contributed by atoms with Crippen molar-refractivity contribution in [1.29, 1.82) is 5.26 Å². The number of hydrogen-bond donors (Lipinski definition) is 0. The molecular formula is C34H40N4O. The molecule has 1 saturated heterocycles. The van der Waals surface area contributed by atoms with Crippen molar-refractivity contribution >= 4 is 23.0 Å². The van der Waals surface area contributed by atoms with Crippen LogP contribution in [0.1, 0.15) is 103 Å². The monoisotopic (exact) mass is 520 g/mol. The molecule has 2 aliphatic heterocycles. The molecule has 0 aliphatic carbocycles. The summed E-state index contributed by atoms with van der Waals surface area (Å²) in [5.74, 6) is 1.64. The smallest absolute Gasteiger partial charge is 0.163 e. The zero-order valence-electron chi connectivity index (χ0n) is 23.5. The number of anilines is 1. The zero-order valence-corrected chi connectivity index (χ0v) is 23.5. The summed E-state index contributed by atoms with van der Waals surface area (Å²) in [6, 6.07) is 16.5. The Bertz CT molecular complexity index is 1430. The number of aromatic nitrogens is 1. The summed E-state index contributed by atoms with van der Waals surface area (Å²) >= 11 is 0. The highest BCUT2D eigenvalue weighted by atomic mass is 16.1. The molecule has 5 rings (SSSR count). The number of aryl methyl sites for hydroxylation is 3. The lowest BCUT2D eigenvalue weighted by Crippen LogP contribution is -2.19. The number of Topliss-reactive ketones (excluding diaryl/α,β-unsaturated/α-hetero) is 1. The van der Waals surface area contributed by atoms with Crippen LogP contribution >= 0.6 is 0 Å². The van der Waals surface area contributed by atoms with E-state index in [4.69, 9.17) is 15.2 Å². The van der Waals surface area contributed by atoms with Gasteiger partial charge in [-0.3, -0.25) is 9.79 Å². The van der Waals surface area contributed by atoms with Crippen molar-refractivity contribution in [3.8, 4) is 6.07 Å². The lowest BCUT2D eigenvalue weighted by atomic mass is 9.88. The summed E-state index contributed by atoms with van der Waals surface area (Å²) in [5, 5.41) is 9.07. The van der Waals surface area contributed by atoms with Gasteiger partial charge in [0.05, 0.1) is 17.3 Å². The van der Waals surface area contributed by atoms with Gasteiger partial charge in [0.15, 0.2) is 5.78 Å². The van der Waals surface area contributed by atoms with E-state index in [1.54, 1.807) is 0 Å². The quantitative estimate of drug-likeness (QED) is 0.268. The van der Waals surface area contributed by atoms with Crippen LogP contribution < -0.4 is 4.90 Å².